The number of aryl methyl sites for hydroxylation is 2. The number of para-hydroxylation sites is 1. The minimum absolute atomic E-state index is 0.321. The summed E-state index contributed by atoms with van der Waals surface area (Å²) in [5.41, 5.74) is 6.68. The van der Waals surface area contributed by atoms with Crippen molar-refractivity contribution in [3.8, 4) is 5.75 Å². The number of carbonyl (C=O) groups excluding carboxylic acids is 3. The molecule has 23 heavy (non-hydrogen) atoms. The molecule has 7 nitrogen and oxygen atoms in total. The molecule has 0 aliphatic heterocycles. The molecular formula is C16H22N2O5. The van der Waals surface area contributed by atoms with Crippen LogP contribution in [0.4, 0.5) is 4.79 Å². The summed E-state index contributed by atoms with van der Waals surface area (Å²) >= 11 is 0. The lowest BCUT2D eigenvalue weighted by Crippen LogP contribution is -2.46. The van der Waals surface area contributed by atoms with Crippen molar-refractivity contribution in [3.05, 3.63) is 29.3 Å². The first-order valence-corrected chi connectivity index (χ1v) is 7.21. The molecule has 1 aromatic rings. The van der Waals surface area contributed by atoms with Crippen LogP contribution in [0.5, 0.6) is 5.75 Å². The van der Waals surface area contributed by atoms with Gasteiger partial charge in [0.05, 0.1) is 0 Å². The molecular weight excluding hydrogens is 300 g/mol. The first kappa shape index (κ1) is 18.5. The maximum absolute atomic E-state index is 11.9. The van der Waals surface area contributed by atoms with E-state index in [-0.39, 0.29) is 12.5 Å². The first-order chi connectivity index (χ1) is 10.7. The van der Waals surface area contributed by atoms with Gasteiger partial charge in [-0.05, 0) is 30.9 Å². The molecule has 0 aliphatic carbocycles. The van der Waals surface area contributed by atoms with Gasteiger partial charge in [-0.1, -0.05) is 32.0 Å². The Labute approximate surface area is 135 Å². The maximum Gasteiger partial charge on any atom is 0.344 e. The van der Waals surface area contributed by atoms with E-state index in [9.17, 15) is 14.4 Å². The van der Waals surface area contributed by atoms with Gasteiger partial charge in [0.1, 0.15) is 5.75 Å². The van der Waals surface area contributed by atoms with Gasteiger partial charge in [-0.25, -0.2) is 9.59 Å². The summed E-state index contributed by atoms with van der Waals surface area (Å²) < 4.78 is 10.6. The summed E-state index contributed by atoms with van der Waals surface area (Å²) in [6.45, 7) is 6.77. The molecule has 0 bridgehead atoms. The Hall–Kier alpha value is -2.57. The van der Waals surface area contributed by atoms with Gasteiger partial charge >= 0.3 is 12.0 Å². The topological polar surface area (TPSA) is 108 Å². The van der Waals surface area contributed by atoms with Gasteiger partial charge in [-0.2, -0.15) is 0 Å². The minimum atomic E-state index is -1.11. The summed E-state index contributed by atoms with van der Waals surface area (Å²) in [5, 5.41) is 1.90. The summed E-state index contributed by atoms with van der Waals surface area (Å²) in [5.74, 6) is -1.18. The van der Waals surface area contributed by atoms with Crippen LogP contribution in [0.15, 0.2) is 18.2 Å². The zero-order valence-electron chi connectivity index (χ0n) is 13.7. The molecule has 0 unspecified atom stereocenters. The normalized spacial score (nSPS) is 11.7. The molecule has 126 valence electrons. The number of benzene rings is 1. The summed E-state index contributed by atoms with van der Waals surface area (Å²) in [6.07, 6.45) is -1.11. The maximum atomic E-state index is 11.9. The zero-order valence-corrected chi connectivity index (χ0v) is 13.7. The van der Waals surface area contributed by atoms with Crippen LogP contribution < -0.4 is 15.8 Å². The highest BCUT2D eigenvalue weighted by Gasteiger charge is 2.27. The van der Waals surface area contributed by atoms with E-state index >= 15 is 0 Å². The second-order valence-corrected chi connectivity index (χ2v) is 5.52. The van der Waals surface area contributed by atoms with Gasteiger partial charge in [-0.3, -0.25) is 10.1 Å². The highest BCUT2D eigenvalue weighted by atomic mass is 16.6. The number of nitrogens with two attached hydrogens (primary N) is 1. The number of imide groups is 1. The smallest absolute Gasteiger partial charge is 0.344 e. The van der Waals surface area contributed by atoms with Gasteiger partial charge in [0.15, 0.2) is 12.7 Å². The van der Waals surface area contributed by atoms with E-state index in [1.54, 1.807) is 13.8 Å². The Balaban J connectivity index is 2.66. The van der Waals surface area contributed by atoms with Gasteiger partial charge < -0.3 is 15.2 Å². The molecule has 3 N–H and O–H groups in total. The second kappa shape index (κ2) is 8.17. The number of rotatable bonds is 6. The molecule has 0 heterocycles. The Morgan fingerprint density at radius 1 is 1.17 bits per heavy atom. The Bertz CT molecular complexity index is 578. The fourth-order valence-corrected chi connectivity index (χ4v) is 2.02. The molecule has 1 aromatic carbocycles. The van der Waals surface area contributed by atoms with Crippen LogP contribution in [-0.4, -0.2) is 30.6 Å². The average Bonchev–Trinajstić information content (AvgIpc) is 2.43. The van der Waals surface area contributed by atoms with Gasteiger partial charge in [0.2, 0.25) is 0 Å². The van der Waals surface area contributed by atoms with E-state index in [0.717, 1.165) is 11.1 Å². The third-order valence-electron chi connectivity index (χ3n) is 3.11. The number of hydrogen-bond acceptors (Lipinski definition) is 5. The highest BCUT2D eigenvalue weighted by molar-refractivity contribution is 5.96. The molecule has 7 heteroatoms. The van der Waals surface area contributed by atoms with Crippen LogP contribution in [0.3, 0.4) is 0 Å². The van der Waals surface area contributed by atoms with E-state index in [0.29, 0.717) is 5.75 Å². The van der Waals surface area contributed by atoms with Crippen molar-refractivity contribution in [3.63, 3.8) is 0 Å². The fourth-order valence-electron chi connectivity index (χ4n) is 2.02. The van der Waals surface area contributed by atoms with Crippen LogP contribution in [-0.2, 0) is 14.3 Å². The third-order valence-corrected chi connectivity index (χ3v) is 3.11. The molecule has 1 atom stereocenters. The van der Waals surface area contributed by atoms with Crippen molar-refractivity contribution in [2.75, 3.05) is 6.61 Å². The number of esters is 1. The van der Waals surface area contributed by atoms with Crippen molar-refractivity contribution in [2.45, 2.75) is 33.8 Å². The zero-order chi connectivity index (χ0) is 17.6. The molecule has 3 amide bonds. The van der Waals surface area contributed by atoms with Crippen molar-refractivity contribution < 1.29 is 23.9 Å². The minimum Gasteiger partial charge on any atom is -0.481 e. The largest absolute Gasteiger partial charge is 0.481 e. The fraction of sp³-hybridized carbons (Fsp3) is 0.438. The van der Waals surface area contributed by atoms with Gasteiger partial charge in [0, 0.05) is 0 Å². The number of amides is 3. The van der Waals surface area contributed by atoms with E-state index in [2.05, 4.69) is 0 Å². The van der Waals surface area contributed by atoms with Crippen LogP contribution in [0.1, 0.15) is 25.0 Å². The lowest BCUT2D eigenvalue weighted by Gasteiger charge is -2.20. The summed E-state index contributed by atoms with van der Waals surface area (Å²) in [7, 11) is 0. The van der Waals surface area contributed by atoms with Crippen molar-refractivity contribution in [2.24, 2.45) is 11.7 Å². The third kappa shape index (κ3) is 5.61. The molecule has 0 aliphatic rings. The van der Waals surface area contributed by atoms with E-state index in [4.69, 9.17) is 15.2 Å². The van der Waals surface area contributed by atoms with E-state index in [1.807, 2.05) is 37.4 Å². The summed E-state index contributed by atoms with van der Waals surface area (Å²) in [6, 6.07) is 4.62. The standard InChI is InChI=1S/C16H22N2O5/c1-9(2)13(15(20)18-16(17)21)23-12(19)8-22-14-10(3)6-5-7-11(14)4/h5-7,9,13H,8H2,1-4H3,(H3,17,18,20,21)/t13-/m1/s1. The quantitative estimate of drug-likeness (QED) is 0.771. The van der Waals surface area contributed by atoms with E-state index < -0.39 is 24.0 Å². The Morgan fingerprint density at radius 2 is 1.74 bits per heavy atom. The van der Waals surface area contributed by atoms with Crippen LogP contribution >= 0.6 is 0 Å². The van der Waals surface area contributed by atoms with Gasteiger partial charge in [-0.15, -0.1) is 0 Å². The molecule has 0 radical (unpaired) electrons. The SMILES string of the molecule is Cc1cccc(C)c1OCC(=O)O[C@@H](C(=O)NC(N)=O)C(C)C. The predicted molar refractivity (Wildman–Crippen MR) is 83.9 cm³/mol. The average molecular weight is 322 g/mol. The van der Waals surface area contributed by atoms with Gasteiger partial charge in [0.25, 0.3) is 5.91 Å². The number of urea groups is 1. The molecule has 0 saturated carbocycles. The summed E-state index contributed by atoms with van der Waals surface area (Å²) in [4.78, 5) is 34.4. The Kier molecular flexibility index (Phi) is 6.56. The van der Waals surface area contributed by atoms with Crippen LogP contribution in [0, 0.1) is 19.8 Å². The van der Waals surface area contributed by atoms with Crippen molar-refractivity contribution in [1.82, 2.24) is 5.32 Å². The molecule has 0 fully saturated rings. The molecule has 0 saturated heterocycles. The molecule has 1 rings (SSSR count). The molecule has 0 aromatic heterocycles. The Morgan fingerprint density at radius 3 is 2.22 bits per heavy atom. The number of ether oxygens (including phenoxy) is 2. The number of primary amides is 1. The van der Waals surface area contributed by atoms with Crippen molar-refractivity contribution >= 4 is 17.9 Å². The predicted octanol–water partition coefficient (Wildman–Crippen LogP) is 1.44. The highest BCUT2D eigenvalue weighted by Crippen LogP contribution is 2.22. The lowest BCUT2D eigenvalue weighted by atomic mass is 10.1. The number of nitrogens with one attached hydrogen (secondary N) is 1. The monoisotopic (exact) mass is 322 g/mol. The molecule has 0 spiro atoms. The van der Waals surface area contributed by atoms with Crippen LogP contribution in [0.25, 0.3) is 0 Å². The van der Waals surface area contributed by atoms with Crippen LogP contribution in [0.2, 0.25) is 0 Å². The van der Waals surface area contributed by atoms with E-state index in [1.165, 1.54) is 0 Å². The van der Waals surface area contributed by atoms with Crippen molar-refractivity contribution in [1.29, 1.82) is 0 Å². The number of carbonyl (C=O) groups is 3. The first-order valence-electron chi connectivity index (χ1n) is 7.21. The second-order valence-electron chi connectivity index (χ2n) is 5.52. The number of hydrogen-bond donors (Lipinski definition) is 2. The lowest BCUT2D eigenvalue weighted by molar-refractivity contribution is -0.160.